The number of nitrogens with zero attached hydrogens (tertiary/aromatic N) is 4. The quantitative estimate of drug-likeness (QED) is 0.753. The molecule has 3 aromatic rings. The normalized spacial score (nSPS) is 17.0. The van der Waals surface area contributed by atoms with Gasteiger partial charge in [-0.05, 0) is 69.6 Å². The minimum absolute atomic E-state index is 0.186. The van der Waals surface area contributed by atoms with Gasteiger partial charge in [-0.2, -0.15) is 0 Å². The van der Waals surface area contributed by atoms with Crippen LogP contribution in [0, 0.1) is 12.7 Å². The molecule has 146 valence electrons. The minimum Gasteiger partial charge on any atom is -0.322 e. The van der Waals surface area contributed by atoms with Crippen LogP contribution >= 0.6 is 0 Å². The smallest absolute Gasteiger partial charge is 0.241 e. The van der Waals surface area contributed by atoms with Gasteiger partial charge in [0, 0.05) is 12.1 Å². The molecule has 1 N–H and O–H groups in total. The van der Waals surface area contributed by atoms with Crippen LogP contribution in [0.5, 0.6) is 0 Å². The van der Waals surface area contributed by atoms with E-state index < -0.39 is 5.82 Å². The molecular weight excluding hydrogens is 357 g/mol. The molecule has 1 saturated heterocycles. The Balaban J connectivity index is 1.38. The summed E-state index contributed by atoms with van der Waals surface area (Å²) < 4.78 is 16.0. The molecule has 4 rings (SSSR count). The molecule has 28 heavy (non-hydrogen) atoms. The van der Waals surface area contributed by atoms with Gasteiger partial charge in [-0.25, -0.2) is 4.39 Å². The molecule has 1 aliphatic heterocycles. The lowest BCUT2D eigenvalue weighted by molar-refractivity contribution is -0.121. The molecule has 1 unspecified atom stereocenters. The summed E-state index contributed by atoms with van der Waals surface area (Å²) in [5, 5.41) is 11.3. The van der Waals surface area contributed by atoms with E-state index in [0.29, 0.717) is 5.92 Å². The summed E-state index contributed by atoms with van der Waals surface area (Å²) in [6.45, 7) is 5.27. The van der Waals surface area contributed by atoms with Crippen molar-refractivity contribution in [2.24, 2.45) is 0 Å². The van der Waals surface area contributed by atoms with Gasteiger partial charge >= 0.3 is 0 Å². The molecule has 1 amide bonds. The first kappa shape index (κ1) is 18.6. The van der Waals surface area contributed by atoms with Gasteiger partial charge in [0.15, 0.2) is 5.65 Å². The first-order valence-corrected chi connectivity index (χ1v) is 9.63. The topological polar surface area (TPSA) is 62.5 Å². The lowest BCUT2D eigenvalue weighted by atomic mass is 9.95. The highest BCUT2D eigenvalue weighted by Gasteiger charge is 2.29. The number of benzene rings is 1. The number of hydrogen-bond acceptors (Lipinski definition) is 4. The zero-order valence-electron chi connectivity index (χ0n) is 16.1. The van der Waals surface area contributed by atoms with Crippen LogP contribution in [0.4, 0.5) is 10.1 Å². The SMILES string of the molecule is Cc1ccc(NC(=O)C(C)N2CCC(c3nnc4ccccn34)CC2)c(F)c1. The van der Waals surface area contributed by atoms with Gasteiger partial charge in [0.25, 0.3) is 0 Å². The predicted molar refractivity (Wildman–Crippen MR) is 106 cm³/mol. The van der Waals surface area contributed by atoms with Crippen molar-refractivity contribution in [3.05, 3.63) is 59.8 Å². The molecular formula is C21H24FN5O. The van der Waals surface area contributed by atoms with E-state index in [0.717, 1.165) is 43.0 Å². The van der Waals surface area contributed by atoms with Crippen molar-refractivity contribution in [2.45, 2.75) is 38.6 Å². The second kappa shape index (κ2) is 7.67. The molecule has 0 spiro atoms. The lowest BCUT2D eigenvalue weighted by Gasteiger charge is -2.34. The van der Waals surface area contributed by atoms with Crippen molar-refractivity contribution in [2.75, 3.05) is 18.4 Å². The third kappa shape index (κ3) is 3.62. The van der Waals surface area contributed by atoms with Crippen LogP contribution in [0.1, 0.15) is 37.1 Å². The maximum atomic E-state index is 14.0. The van der Waals surface area contributed by atoms with Crippen LogP contribution in [0.2, 0.25) is 0 Å². The van der Waals surface area contributed by atoms with E-state index in [-0.39, 0.29) is 17.6 Å². The highest BCUT2D eigenvalue weighted by Crippen LogP contribution is 2.28. The molecule has 0 radical (unpaired) electrons. The number of hydrogen-bond donors (Lipinski definition) is 1. The number of carbonyl (C=O) groups excluding carboxylic acids is 1. The van der Waals surface area contributed by atoms with Crippen LogP contribution in [0.3, 0.4) is 0 Å². The van der Waals surface area contributed by atoms with E-state index in [2.05, 4.69) is 20.4 Å². The summed E-state index contributed by atoms with van der Waals surface area (Å²) >= 11 is 0. The number of aryl methyl sites for hydroxylation is 1. The number of halogens is 1. The fraction of sp³-hybridized carbons (Fsp3) is 0.381. The number of carbonyl (C=O) groups is 1. The molecule has 0 aliphatic carbocycles. The first-order valence-electron chi connectivity index (χ1n) is 9.63. The van der Waals surface area contributed by atoms with Gasteiger partial charge in [0.05, 0.1) is 11.7 Å². The van der Waals surface area contributed by atoms with E-state index in [9.17, 15) is 9.18 Å². The van der Waals surface area contributed by atoms with Crippen molar-refractivity contribution in [3.8, 4) is 0 Å². The van der Waals surface area contributed by atoms with Gasteiger partial charge in [-0.1, -0.05) is 12.1 Å². The van der Waals surface area contributed by atoms with E-state index in [1.54, 1.807) is 12.1 Å². The van der Waals surface area contributed by atoms with Crippen LogP contribution < -0.4 is 5.32 Å². The largest absolute Gasteiger partial charge is 0.322 e. The molecule has 6 nitrogen and oxygen atoms in total. The van der Waals surface area contributed by atoms with Crippen molar-refractivity contribution in [1.29, 1.82) is 0 Å². The van der Waals surface area contributed by atoms with E-state index >= 15 is 0 Å². The van der Waals surface area contributed by atoms with Gasteiger partial charge in [0.2, 0.25) is 5.91 Å². The molecule has 0 saturated carbocycles. The molecule has 2 aromatic heterocycles. The number of rotatable bonds is 4. The van der Waals surface area contributed by atoms with Crippen molar-refractivity contribution >= 4 is 17.2 Å². The number of pyridine rings is 1. The van der Waals surface area contributed by atoms with Crippen molar-refractivity contribution in [3.63, 3.8) is 0 Å². The van der Waals surface area contributed by atoms with Crippen molar-refractivity contribution in [1.82, 2.24) is 19.5 Å². The Kier molecular flexibility index (Phi) is 5.09. The summed E-state index contributed by atoms with van der Waals surface area (Å²) in [7, 11) is 0. The van der Waals surface area contributed by atoms with E-state index in [1.165, 1.54) is 6.07 Å². The molecule has 1 aromatic carbocycles. The van der Waals surface area contributed by atoms with Crippen molar-refractivity contribution < 1.29 is 9.18 Å². The Bertz CT molecular complexity index is 993. The maximum absolute atomic E-state index is 14.0. The van der Waals surface area contributed by atoms with Gasteiger partial charge in [0.1, 0.15) is 11.6 Å². The fourth-order valence-electron chi connectivity index (χ4n) is 3.81. The van der Waals surface area contributed by atoms with Crippen LogP contribution in [0.25, 0.3) is 5.65 Å². The average Bonchev–Trinajstić information content (AvgIpc) is 3.14. The summed E-state index contributed by atoms with van der Waals surface area (Å²) in [4.78, 5) is 14.7. The van der Waals surface area contributed by atoms with E-state index in [1.807, 2.05) is 42.6 Å². The zero-order chi connectivity index (χ0) is 19.7. The third-order valence-corrected chi connectivity index (χ3v) is 5.54. The van der Waals surface area contributed by atoms with Crippen LogP contribution in [0.15, 0.2) is 42.6 Å². The average molecular weight is 381 g/mol. The highest BCUT2D eigenvalue weighted by atomic mass is 19.1. The maximum Gasteiger partial charge on any atom is 0.241 e. The number of likely N-dealkylation sites (tertiary alicyclic amines) is 1. The van der Waals surface area contributed by atoms with Gasteiger partial charge < -0.3 is 5.32 Å². The zero-order valence-corrected chi connectivity index (χ0v) is 16.1. The Labute approximate surface area is 163 Å². The molecule has 1 fully saturated rings. The number of fused-ring (bicyclic) bond motifs is 1. The highest BCUT2D eigenvalue weighted by molar-refractivity contribution is 5.94. The molecule has 7 heteroatoms. The number of nitrogens with one attached hydrogen (secondary N) is 1. The fourth-order valence-corrected chi connectivity index (χ4v) is 3.81. The minimum atomic E-state index is -0.405. The summed E-state index contributed by atoms with van der Waals surface area (Å²) in [6.07, 6.45) is 3.81. The second-order valence-corrected chi connectivity index (χ2v) is 7.45. The Morgan fingerprint density at radius 3 is 2.75 bits per heavy atom. The summed E-state index contributed by atoms with van der Waals surface area (Å²) in [5.74, 6) is 0.708. The Morgan fingerprint density at radius 1 is 1.21 bits per heavy atom. The van der Waals surface area contributed by atoms with Crippen LogP contribution in [-0.4, -0.2) is 44.5 Å². The second-order valence-electron chi connectivity index (χ2n) is 7.45. The Hall–Kier alpha value is -2.80. The monoisotopic (exact) mass is 381 g/mol. The molecule has 0 bridgehead atoms. The number of aromatic nitrogens is 3. The lowest BCUT2D eigenvalue weighted by Crippen LogP contribution is -2.46. The number of piperidine rings is 1. The van der Waals surface area contributed by atoms with Gasteiger partial charge in [-0.3, -0.25) is 14.1 Å². The first-order chi connectivity index (χ1) is 13.5. The standard InChI is InChI=1S/C21H24FN5O/c1-14-6-7-18(17(22)13-14)23-21(28)15(2)26-11-8-16(9-12-26)20-25-24-19-5-3-4-10-27(19)20/h3-7,10,13,15-16H,8-9,11-12H2,1-2H3,(H,23,28). The summed E-state index contributed by atoms with van der Waals surface area (Å²) in [5.41, 5.74) is 1.91. The van der Waals surface area contributed by atoms with Gasteiger partial charge in [-0.15, -0.1) is 10.2 Å². The number of anilines is 1. The molecule has 1 aliphatic rings. The molecule has 1 atom stereocenters. The predicted octanol–water partition coefficient (Wildman–Crippen LogP) is 3.38. The van der Waals surface area contributed by atoms with Crippen LogP contribution in [-0.2, 0) is 4.79 Å². The summed E-state index contributed by atoms with van der Waals surface area (Å²) in [6, 6.07) is 10.4. The Morgan fingerprint density at radius 2 is 2.00 bits per heavy atom. The van der Waals surface area contributed by atoms with E-state index in [4.69, 9.17) is 0 Å². The third-order valence-electron chi connectivity index (χ3n) is 5.54. The molecule has 3 heterocycles. The number of amides is 1.